The van der Waals surface area contributed by atoms with E-state index in [0.717, 1.165) is 10.7 Å². The second-order valence-electron chi connectivity index (χ2n) is 3.16. The molecule has 0 aromatic carbocycles. The predicted octanol–water partition coefficient (Wildman–Crippen LogP) is 0.0710. The molecule has 2 aromatic heterocycles. The largest absolute Gasteiger partial charge is 0.462 e. The van der Waals surface area contributed by atoms with Crippen LogP contribution in [0.1, 0.15) is 22.8 Å². The first-order valence-electron chi connectivity index (χ1n) is 4.85. The van der Waals surface area contributed by atoms with E-state index in [1.165, 1.54) is 6.20 Å². The Morgan fingerprint density at radius 2 is 2.47 bits per heavy atom. The number of H-pyrrole nitrogens is 1. The van der Waals surface area contributed by atoms with Crippen LogP contribution in [-0.4, -0.2) is 27.2 Å². The topological polar surface area (TPSA) is 100 Å². The SMILES string of the molecule is CCOC(=O)c1cnc2c(C#N)c[nH]n2c1=O. The summed E-state index contributed by atoms with van der Waals surface area (Å²) in [5, 5.41) is 11.3. The number of rotatable bonds is 2. The average Bonchev–Trinajstić information content (AvgIpc) is 2.73. The molecule has 0 unspecified atom stereocenters. The van der Waals surface area contributed by atoms with E-state index in [1.54, 1.807) is 6.92 Å². The monoisotopic (exact) mass is 232 g/mol. The molecule has 0 radical (unpaired) electrons. The van der Waals surface area contributed by atoms with Crippen LogP contribution in [-0.2, 0) is 4.74 Å². The van der Waals surface area contributed by atoms with Gasteiger partial charge in [-0.05, 0) is 6.92 Å². The summed E-state index contributed by atoms with van der Waals surface area (Å²) in [5.41, 5.74) is -0.339. The summed E-state index contributed by atoms with van der Waals surface area (Å²) in [7, 11) is 0. The van der Waals surface area contributed by atoms with Crippen LogP contribution in [0.25, 0.3) is 5.65 Å². The van der Waals surface area contributed by atoms with E-state index < -0.39 is 11.5 Å². The van der Waals surface area contributed by atoms with Crippen molar-refractivity contribution in [3.8, 4) is 6.07 Å². The maximum Gasteiger partial charge on any atom is 0.345 e. The number of nitrogens with zero attached hydrogens (tertiary/aromatic N) is 3. The van der Waals surface area contributed by atoms with Gasteiger partial charge in [-0.25, -0.2) is 9.78 Å². The third-order valence-corrected chi connectivity index (χ3v) is 2.16. The Balaban J connectivity index is 2.64. The zero-order valence-corrected chi connectivity index (χ0v) is 8.93. The normalized spacial score (nSPS) is 10.1. The summed E-state index contributed by atoms with van der Waals surface area (Å²) in [6.07, 6.45) is 2.46. The maximum atomic E-state index is 11.9. The molecule has 0 amide bonds. The molecule has 7 heteroatoms. The number of hydrogen-bond acceptors (Lipinski definition) is 5. The van der Waals surface area contributed by atoms with Crippen molar-refractivity contribution in [3.05, 3.63) is 33.9 Å². The number of carbonyl (C=O) groups is 1. The van der Waals surface area contributed by atoms with E-state index in [0.29, 0.717) is 0 Å². The first-order valence-corrected chi connectivity index (χ1v) is 4.85. The molecular weight excluding hydrogens is 224 g/mol. The third kappa shape index (κ3) is 1.65. The lowest BCUT2D eigenvalue weighted by atomic mass is 10.3. The summed E-state index contributed by atoms with van der Waals surface area (Å²) in [6.45, 7) is 1.82. The Morgan fingerprint density at radius 3 is 3.12 bits per heavy atom. The number of aromatic nitrogens is 3. The van der Waals surface area contributed by atoms with Crippen LogP contribution in [0.2, 0.25) is 0 Å². The summed E-state index contributed by atoms with van der Waals surface area (Å²) in [4.78, 5) is 27.2. The molecule has 1 N–H and O–H groups in total. The lowest BCUT2D eigenvalue weighted by Gasteiger charge is -2.00. The predicted molar refractivity (Wildman–Crippen MR) is 56.5 cm³/mol. The van der Waals surface area contributed by atoms with Gasteiger partial charge >= 0.3 is 5.97 Å². The highest BCUT2D eigenvalue weighted by molar-refractivity contribution is 5.88. The minimum atomic E-state index is -0.729. The van der Waals surface area contributed by atoms with Crippen LogP contribution in [0.5, 0.6) is 0 Å². The highest BCUT2D eigenvalue weighted by atomic mass is 16.5. The Bertz CT molecular complexity index is 677. The molecule has 17 heavy (non-hydrogen) atoms. The number of aromatic amines is 1. The first kappa shape index (κ1) is 10.9. The van der Waals surface area contributed by atoms with Crippen molar-refractivity contribution in [1.82, 2.24) is 14.6 Å². The zero-order chi connectivity index (χ0) is 12.4. The molecule has 0 saturated heterocycles. The molecule has 0 aliphatic heterocycles. The molecule has 2 aromatic rings. The second-order valence-corrected chi connectivity index (χ2v) is 3.16. The van der Waals surface area contributed by atoms with Crippen molar-refractivity contribution in [3.63, 3.8) is 0 Å². The summed E-state index contributed by atoms with van der Waals surface area (Å²) < 4.78 is 5.75. The van der Waals surface area contributed by atoms with Crippen LogP contribution in [0.15, 0.2) is 17.2 Å². The fourth-order valence-electron chi connectivity index (χ4n) is 1.39. The van der Waals surface area contributed by atoms with Gasteiger partial charge in [-0.2, -0.15) is 9.78 Å². The van der Waals surface area contributed by atoms with Crippen LogP contribution < -0.4 is 5.56 Å². The van der Waals surface area contributed by atoms with Crippen molar-refractivity contribution in [1.29, 1.82) is 5.26 Å². The molecule has 0 aliphatic rings. The number of nitriles is 1. The zero-order valence-electron chi connectivity index (χ0n) is 8.93. The fourth-order valence-corrected chi connectivity index (χ4v) is 1.39. The molecule has 0 atom stereocenters. The van der Waals surface area contributed by atoms with E-state index in [-0.39, 0.29) is 23.4 Å². The fraction of sp³-hybridized carbons (Fsp3) is 0.200. The van der Waals surface area contributed by atoms with Gasteiger partial charge < -0.3 is 4.74 Å². The molecule has 0 saturated carbocycles. The Hall–Kier alpha value is -2.62. The second kappa shape index (κ2) is 4.09. The van der Waals surface area contributed by atoms with E-state index in [9.17, 15) is 9.59 Å². The number of fused-ring (bicyclic) bond motifs is 1. The molecule has 2 heterocycles. The van der Waals surface area contributed by atoms with E-state index in [4.69, 9.17) is 10.00 Å². The van der Waals surface area contributed by atoms with Crippen molar-refractivity contribution < 1.29 is 9.53 Å². The van der Waals surface area contributed by atoms with E-state index in [1.807, 2.05) is 6.07 Å². The minimum absolute atomic E-state index is 0.171. The minimum Gasteiger partial charge on any atom is -0.462 e. The van der Waals surface area contributed by atoms with Gasteiger partial charge in [0.15, 0.2) is 5.65 Å². The van der Waals surface area contributed by atoms with Gasteiger partial charge in [-0.1, -0.05) is 0 Å². The van der Waals surface area contributed by atoms with Crippen molar-refractivity contribution in [2.24, 2.45) is 0 Å². The van der Waals surface area contributed by atoms with Gasteiger partial charge in [0.1, 0.15) is 17.2 Å². The van der Waals surface area contributed by atoms with Crippen molar-refractivity contribution in [2.45, 2.75) is 6.92 Å². The number of nitrogens with one attached hydrogen (secondary N) is 1. The van der Waals surface area contributed by atoms with Gasteiger partial charge in [0.05, 0.1) is 6.61 Å². The number of carbonyl (C=O) groups excluding carboxylic acids is 1. The summed E-state index contributed by atoms with van der Waals surface area (Å²) in [5.74, 6) is -0.729. The molecule has 0 aliphatic carbocycles. The lowest BCUT2D eigenvalue weighted by Crippen LogP contribution is -2.24. The van der Waals surface area contributed by atoms with E-state index >= 15 is 0 Å². The highest BCUT2D eigenvalue weighted by Gasteiger charge is 2.16. The molecule has 7 nitrogen and oxygen atoms in total. The van der Waals surface area contributed by atoms with Crippen LogP contribution in [0, 0.1) is 11.3 Å². The Morgan fingerprint density at radius 1 is 1.71 bits per heavy atom. The summed E-state index contributed by atoms with van der Waals surface area (Å²) in [6, 6.07) is 1.88. The van der Waals surface area contributed by atoms with Crippen LogP contribution in [0.4, 0.5) is 0 Å². The number of esters is 1. The van der Waals surface area contributed by atoms with Gasteiger partial charge in [0.2, 0.25) is 0 Å². The first-order chi connectivity index (χ1) is 8.19. The third-order valence-electron chi connectivity index (χ3n) is 2.16. The van der Waals surface area contributed by atoms with Crippen LogP contribution >= 0.6 is 0 Å². The van der Waals surface area contributed by atoms with Gasteiger partial charge in [-0.3, -0.25) is 9.89 Å². The Kier molecular flexibility index (Phi) is 2.62. The molecule has 0 bridgehead atoms. The molecule has 0 spiro atoms. The van der Waals surface area contributed by atoms with Crippen molar-refractivity contribution in [2.75, 3.05) is 6.61 Å². The van der Waals surface area contributed by atoms with Crippen molar-refractivity contribution >= 4 is 11.6 Å². The molecule has 2 rings (SSSR count). The van der Waals surface area contributed by atoms with Crippen LogP contribution in [0.3, 0.4) is 0 Å². The van der Waals surface area contributed by atoms with E-state index in [2.05, 4.69) is 10.1 Å². The maximum absolute atomic E-state index is 11.9. The summed E-state index contributed by atoms with van der Waals surface area (Å²) >= 11 is 0. The Labute approximate surface area is 95.2 Å². The molecule has 86 valence electrons. The number of hydrogen-bond donors (Lipinski definition) is 1. The quantitative estimate of drug-likeness (QED) is 0.738. The standard InChI is InChI=1S/C10H8N4O3/c1-2-17-10(16)7-5-12-8-6(3-11)4-13-14(8)9(7)15/h4-5,13H,2H2,1H3. The number of ether oxygens (including phenoxy) is 1. The molecular formula is C10H8N4O3. The molecule has 0 fully saturated rings. The average molecular weight is 232 g/mol. The lowest BCUT2D eigenvalue weighted by molar-refractivity contribution is 0.0523. The van der Waals surface area contributed by atoms with Gasteiger partial charge in [0, 0.05) is 12.4 Å². The van der Waals surface area contributed by atoms with Gasteiger partial charge in [0.25, 0.3) is 5.56 Å². The smallest absolute Gasteiger partial charge is 0.345 e. The highest BCUT2D eigenvalue weighted by Crippen LogP contribution is 2.04. The van der Waals surface area contributed by atoms with Gasteiger partial charge in [-0.15, -0.1) is 0 Å².